The van der Waals surface area contributed by atoms with Gasteiger partial charge in [-0.3, -0.25) is 4.79 Å². The van der Waals surface area contributed by atoms with Crippen LogP contribution < -0.4 is 5.73 Å². The third kappa shape index (κ3) is 5.91. The van der Waals surface area contributed by atoms with E-state index in [0.717, 1.165) is 51.8 Å². The summed E-state index contributed by atoms with van der Waals surface area (Å²) < 4.78 is 5.80. The van der Waals surface area contributed by atoms with Gasteiger partial charge in [-0.2, -0.15) is 0 Å². The molecule has 0 aromatic rings. The quantitative estimate of drug-likeness (QED) is 0.804. The first-order chi connectivity index (χ1) is 9.04. The maximum Gasteiger partial charge on any atom is 0.239 e. The average molecular weight is 270 g/mol. The van der Waals surface area contributed by atoms with E-state index in [1.807, 2.05) is 4.90 Å². The molecule has 1 fully saturated rings. The topological polar surface area (TPSA) is 55.6 Å². The largest absolute Gasteiger partial charge is 0.378 e. The first-order valence-electron chi connectivity index (χ1n) is 7.70. The molecule has 112 valence electrons. The van der Waals surface area contributed by atoms with Gasteiger partial charge in [-0.1, -0.05) is 20.8 Å². The summed E-state index contributed by atoms with van der Waals surface area (Å²) in [5.74, 6) is 0.580. The van der Waals surface area contributed by atoms with E-state index in [1.165, 1.54) is 0 Å². The van der Waals surface area contributed by atoms with Gasteiger partial charge in [-0.15, -0.1) is 0 Å². The summed E-state index contributed by atoms with van der Waals surface area (Å²) in [6.07, 6.45) is 5.17. The van der Waals surface area contributed by atoms with Crippen LogP contribution in [0.1, 0.15) is 52.9 Å². The summed E-state index contributed by atoms with van der Waals surface area (Å²) in [5, 5.41) is 0. The minimum atomic E-state index is -0.340. The second kappa shape index (κ2) is 8.54. The maximum absolute atomic E-state index is 12.3. The summed E-state index contributed by atoms with van der Waals surface area (Å²) in [7, 11) is 0. The van der Waals surface area contributed by atoms with E-state index in [-0.39, 0.29) is 11.9 Å². The van der Waals surface area contributed by atoms with Gasteiger partial charge in [-0.25, -0.2) is 0 Å². The highest BCUT2D eigenvalue weighted by atomic mass is 16.5. The van der Waals surface area contributed by atoms with Crippen LogP contribution >= 0.6 is 0 Å². The lowest BCUT2D eigenvalue weighted by Crippen LogP contribution is -2.44. The molecule has 0 radical (unpaired) electrons. The highest BCUT2D eigenvalue weighted by Crippen LogP contribution is 2.16. The molecule has 1 aliphatic rings. The Morgan fingerprint density at radius 3 is 2.74 bits per heavy atom. The van der Waals surface area contributed by atoms with E-state index in [2.05, 4.69) is 20.8 Å². The summed E-state index contributed by atoms with van der Waals surface area (Å²) in [6.45, 7) is 8.77. The van der Waals surface area contributed by atoms with Crippen LogP contribution in [0.25, 0.3) is 0 Å². The van der Waals surface area contributed by atoms with Gasteiger partial charge >= 0.3 is 0 Å². The Morgan fingerprint density at radius 1 is 1.37 bits per heavy atom. The fourth-order valence-electron chi connectivity index (χ4n) is 2.58. The lowest BCUT2D eigenvalue weighted by Gasteiger charge is -2.25. The molecule has 0 aliphatic carbocycles. The second-order valence-electron chi connectivity index (χ2n) is 5.99. The molecular weight excluding hydrogens is 240 g/mol. The number of carbonyl (C=O) groups excluding carboxylic acids is 1. The maximum atomic E-state index is 12.3. The van der Waals surface area contributed by atoms with Crippen LogP contribution in [0.5, 0.6) is 0 Å². The van der Waals surface area contributed by atoms with E-state index in [9.17, 15) is 4.79 Å². The van der Waals surface area contributed by atoms with Crippen LogP contribution in [-0.4, -0.2) is 42.6 Å². The number of hydrogen-bond acceptors (Lipinski definition) is 3. The fourth-order valence-corrected chi connectivity index (χ4v) is 2.58. The Bertz CT molecular complexity index is 269. The Kier molecular flexibility index (Phi) is 7.39. The minimum Gasteiger partial charge on any atom is -0.378 e. The van der Waals surface area contributed by atoms with Gasteiger partial charge in [0.2, 0.25) is 5.91 Å². The van der Waals surface area contributed by atoms with Gasteiger partial charge in [0.15, 0.2) is 0 Å². The molecule has 1 heterocycles. The number of carbonyl (C=O) groups is 1. The van der Waals surface area contributed by atoms with E-state index < -0.39 is 0 Å². The van der Waals surface area contributed by atoms with Gasteiger partial charge in [-0.05, 0) is 38.0 Å². The van der Waals surface area contributed by atoms with Crippen LogP contribution in [0.15, 0.2) is 0 Å². The summed E-state index contributed by atoms with van der Waals surface area (Å²) in [6, 6.07) is -0.340. The summed E-state index contributed by atoms with van der Waals surface area (Å²) in [5.41, 5.74) is 5.99. The van der Waals surface area contributed by atoms with E-state index in [0.29, 0.717) is 12.0 Å². The number of ether oxygens (including phenoxy) is 1. The predicted molar refractivity (Wildman–Crippen MR) is 77.9 cm³/mol. The van der Waals surface area contributed by atoms with Gasteiger partial charge < -0.3 is 15.4 Å². The Balaban J connectivity index is 2.41. The van der Waals surface area contributed by atoms with Crippen LogP contribution in [0, 0.1) is 5.92 Å². The SMILES string of the molecule is CCCO[C@H]1CCCN(C(=O)[C@@H](N)CC(C)C)CC1. The summed E-state index contributed by atoms with van der Waals surface area (Å²) in [4.78, 5) is 14.2. The number of rotatable bonds is 6. The molecule has 0 bridgehead atoms. The van der Waals surface area contributed by atoms with Crippen molar-refractivity contribution in [2.75, 3.05) is 19.7 Å². The highest BCUT2D eigenvalue weighted by Gasteiger charge is 2.25. The molecule has 2 atom stereocenters. The molecule has 1 rings (SSSR count). The van der Waals surface area contributed by atoms with Crippen LogP contribution in [0.2, 0.25) is 0 Å². The molecule has 0 spiro atoms. The number of nitrogens with zero attached hydrogens (tertiary/aromatic N) is 1. The number of hydrogen-bond donors (Lipinski definition) is 1. The van der Waals surface area contributed by atoms with Gasteiger partial charge in [0.05, 0.1) is 12.1 Å². The number of nitrogens with two attached hydrogens (primary N) is 1. The molecule has 0 saturated carbocycles. The van der Waals surface area contributed by atoms with Gasteiger partial charge in [0.1, 0.15) is 0 Å². The minimum absolute atomic E-state index is 0.116. The van der Waals surface area contributed by atoms with Crippen molar-refractivity contribution in [3.63, 3.8) is 0 Å². The zero-order chi connectivity index (χ0) is 14.3. The molecule has 1 aliphatic heterocycles. The molecule has 19 heavy (non-hydrogen) atoms. The lowest BCUT2D eigenvalue weighted by atomic mass is 10.0. The van der Waals surface area contributed by atoms with E-state index in [4.69, 9.17) is 10.5 Å². The third-order valence-corrected chi connectivity index (χ3v) is 3.59. The highest BCUT2D eigenvalue weighted by molar-refractivity contribution is 5.81. The standard InChI is InChI=1S/C15H30N2O2/c1-4-10-19-13-6-5-8-17(9-7-13)15(18)14(16)11-12(2)3/h12-14H,4-11,16H2,1-3H3/t13-,14-/m0/s1. The third-order valence-electron chi connectivity index (χ3n) is 3.59. The molecule has 0 aromatic heterocycles. The lowest BCUT2D eigenvalue weighted by molar-refractivity contribution is -0.133. The number of likely N-dealkylation sites (tertiary alicyclic amines) is 1. The monoisotopic (exact) mass is 270 g/mol. The zero-order valence-electron chi connectivity index (χ0n) is 12.7. The Hall–Kier alpha value is -0.610. The van der Waals surface area contributed by atoms with Gasteiger partial charge in [0.25, 0.3) is 0 Å². The van der Waals surface area contributed by atoms with Crippen LogP contribution in [0.4, 0.5) is 0 Å². The first-order valence-corrected chi connectivity index (χ1v) is 7.70. The van der Waals surface area contributed by atoms with Crippen molar-refractivity contribution in [3.8, 4) is 0 Å². The van der Waals surface area contributed by atoms with Crippen molar-refractivity contribution in [1.29, 1.82) is 0 Å². The molecule has 4 nitrogen and oxygen atoms in total. The van der Waals surface area contributed by atoms with E-state index >= 15 is 0 Å². The van der Waals surface area contributed by atoms with E-state index in [1.54, 1.807) is 0 Å². The molecular formula is C15H30N2O2. The first kappa shape index (κ1) is 16.4. The molecule has 4 heteroatoms. The second-order valence-corrected chi connectivity index (χ2v) is 5.99. The van der Waals surface area contributed by atoms with Crippen molar-refractivity contribution < 1.29 is 9.53 Å². The van der Waals surface area contributed by atoms with Crippen LogP contribution in [0.3, 0.4) is 0 Å². The van der Waals surface area contributed by atoms with Crippen molar-refractivity contribution in [2.24, 2.45) is 11.7 Å². The van der Waals surface area contributed by atoms with Crippen LogP contribution in [-0.2, 0) is 9.53 Å². The molecule has 2 N–H and O–H groups in total. The van der Waals surface area contributed by atoms with Crippen molar-refractivity contribution in [1.82, 2.24) is 4.90 Å². The zero-order valence-corrected chi connectivity index (χ0v) is 12.7. The normalized spacial score (nSPS) is 22.4. The average Bonchev–Trinajstić information content (AvgIpc) is 2.60. The van der Waals surface area contributed by atoms with Crippen molar-refractivity contribution in [3.05, 3.63) is 0 Å². The van der Waals surface area contributed by atoms with Crippen molar-refractivity contribution in [2.45, 2.75) is 65.0 Å². The smallest absolute Gasteiger partial charge is 0.239 e. The van der Waals surface area contributed by atoms with Crippen molar-refractivity contribution >= 4 is 5.91 Å². The Labute approximate surface area is 117 Å². The fraction of sp³-hybridized carbons (Fsp3) is 0.933. The molecule has 0 aromatic carbocycles. The molecule has 1 amide bonds. The Morgan fingerprint density at radius 2 is 2.11 bits per heavy atom. The number of amides is 1. The van der Waals surface area contributed by atoms with Gasteiger partial charge in [0, 0.05) is 19.7 Å². The summed E-state index contributed by atoms with van der Waals surface area (Å²) >= 11 is 0. The molecule has 0 unspecified atom stereocenters. The predicted octanol–water partition coefficient (Wildman–Crippen LogP) is 2.17. The molecule has 1 saturated heterocycles.